The second-order valence-electron chi connectivity index (χ2n) is 6.79. The minimum Gasteiger partial charge on any atom is -0.452 e. The molecule has 3 rings (SSSR count). The van der Waals surface area contributed by atoms with Crippen LogP contribution in [0.4, 0.5) is 0 Å². The molecule has 0 aromatic heterocycles. The van der Waals surface area contributed by atoms with Crippen molar-refractivity contribution in [2.24, 2.45) is 5.41 Å². The summed E-state index contributed by atoms with van der Waals surface area (Å²) in [5, 5.41) is 0. The number of esters is 1. The third-order valence-electron chi connectivity index (χ3n) is 3.63. The van der Waals surface area contributed by atoms with E-state index in [2.05, 4.69) is 15.9 Å². The minimum absolute atomic E-state index is 0.188. The Morgan fingerprint density at radius 1 is 1.12 bits per heavy atom. The molecule has 1 aliphatic rings. The van der Waals surface area contributed by atoms with Gasteiger partial charge in [0.25, 0.3) is 0 Å². The SMILES string of the molecule is CC(C)(C)C(=O)Oc1ccc2c(c1)OC(=Cc1ccc(Br)cc1)C2=O. The lowest BCUT2D eigenvalue weighted by atomic mass is 9.97. The lowest BCUT2D eigenvalue weighted by molar-refractivity contribution is -0.142. The Labute approximate surface area is 154 Å². The van der Waals surface area contributed by atoms with Gasteiger partial charge in [-0.15, -0.1) is 0 Å². The Morgan fingerprint density at radius 3 is 2.44 bits per heavy atom. The van der Waals surface area contributed by atoms with Gasteiger partial charge in [-0.2, -0.15) is 0 Å². The van der Waals surface area contributed by atoms with Crippen molar-refractivity contribution in [1.29, 1.82) is 0 Å². The van der Waals surface area contributed by atoms with Gasteiger partial charge in [0.2, 0.25) is 5.78 Å². The zero-order chi connectivity index (χ0) is 18.2. The maximum absolute atomic E-state index is 12.5. The van der Waals surface area contributed by atoms with Crippen LogP contribution in [0.1, 0.15) is 36.7 Å². The molecule has 0 saturated heterocycles. The molecule has 0 N–H and O–H groups in total. The lowest BCUT2D eigenvalue weighted by Crippen LogP contribution is -2.25. The maximum Gasteiger partial charge on any atom is 0.316 e. The van der Waals surface area contributed by atoms with E-state index in [9.17, 15) is 9.59 Å². The Balaban J connectivity index is 1.84. The van der Waals surface area contributed by atoms with Crippen molar-refractivity contribution in [3.05, 3.63) is 63.8 Å². The summed E-state index contributed by atoms with van der Waals surface area (Å²) in [6.45, 7) is 5.34. The number of ether oxygens (including phenoxy) is 2. The van der Waals surface area contributed by atoms with Gasteiger partial charge in [0, 0.05) is 10.5 Å². The van der Waals surface area contributed by atoms with E-state index in [4.69, 9.17) is 9.47 Å². The quantitative estimate of drug-likeness (QED) is 0.403. The molecular formula is C20H17BrO4. The van der Waals surface area contributed by atoms with Crippen molar-refractivity contribution in [3.8, 4) is 11.5 Å². The van der Waals surface area contributed by atoms with E-state index in [1.807, 2.05) is 24.3 Å². The molecule has 0 radical (unpaired) electrons. The Bertz CT molecular complexity index is 874. The first-order valence-electron chi connectivity index (χ1n) is 7.80. The third kappa shape index (κ3) is 3.82. The van der Waals surface area contributed by atoms with Gasteiger partial charge in [-0.3, -0.25) is 9.59 Å². The minimum atomic E-state index is -0.609. The summed E-state index contributed by atoms with van der Waals surface area (Å²) in [4.78, 5) is 24.4. The van der Waals surface area contributed by atoms with Crippen molar-refractivity contribution in [1.82, 2.24) is 0 Å². The van der Waals surface area contributed by atoms with E-state index >= 15 is 0 Å². The fourth-order valence-corrected chi connectivity index (χ4v) is 2.47. The molecule has 1 heterocycles. The van der Waals surface area contributed by atoms with Crippen molar-refractivity contribution >= 4 is 33.8 Å². The predicted octanol–water partition coefficient (Wildman–Crippen LogP) is 5.02. The fraction of sp³-hybridized carbons (Fsp3) is 0.200. The predicted molar refractivity (Wildman–Crippen MR) is 98.6 cm³/mol. The first-order valence-corrected chi connectivity index (χ1v) is 8.59. The highest BCUT2D eigenvalue weighted by Gasteiger charge is 2.29. The number of hydrogen-bond donors (Lipinski definition) is 0. The molecule has 0 amide bonds. The largest absolute Gasteiger partial charge is 0.452 e. The van der Waals surface area contributed by atoms with Crippen molar-refractivity contribution in [2.45, 2.75) is 20.8 Å². The molecule has 0 bridgehead atoms. The van der Waals surface area contributed by atoms with E-state index in [0.717, 1.165) is 10.0 Å². The van der Waals surface area contributed by atoms with E-state index in [1.54, 1.807) is 45.0 Å². The van der Waals surface area contributed by atoms with Crippen LogP contribution in [0, 0.1) is 5.41 Å². The Morgan fingerprint density at radius 2 is 1.80 bits per heavy atom. The lowest BCUT2D eigenvalue weighted by Gasteiger charge is -2.16. The zero-order valence-electron chi connectivity index (χ0n) is 14.1. The Kier molecular flexibility index (Phi) is 4.52. The second kappa shape index (κ2) is 6.48. The maximum atomic E-state index is 12.5. The monoisotopic (exact) mass is 400 g/mol. The number of carbonyl (C=O) groups excluding carboxylic acids is 2. The highest BCUT2D eigenvalue weighted by atomic mass is 79.9. The van der Waals surface area contributed by atoms with Gasteiger partial charge in [0.1, 0.15) is 11.5 Å². The summed E-state index contributed by atoms with van der Waals surface area (Å²) < 4.78 is 12.0. The molecule has 0 unspecified atom stereocenters. The van der Waals surface area contributed by atoms with Gasteiger partial charge in [0.05, 0.1) is 11.0 Å². The molecule has 2 aromatic carbocycles. The summed E-state index contributed by atoms with van der Waals surface area (Å²) in [6, 6.07) is 12.3. The number of hydrogen-bond acceptors (Lipinski definition) is 4. The number of carbonyl (C=O) groups is 2. The molecule has 0 saturated carbocycles. The van der Waals surface area contributed by atoms with Gasteiger partial charge in [-0.1, -0.05) is 28.1 Å². The van der Waals surface area contributed by atoms with Crippen LogP contribution in [-0.4, -0.2) is 11.8 Å². The van der Waals surface area contributed by atoms with E-state index in [1.165, 1.54) is 0 Å². The highest BCUT2D eigenvalue weighted by Crippen LogP contribution is 2.35. The molecule has 2 aromatic rings. The van der Waals surface area contributed by atoms with E-state index in [-0.39, 0.29) is 17.5 Å². The molecule has 128 valence electrons. The summed E-state index contributed by atoms with van der Waals surface area (Å²) in [5.41, 5.74) is 0.708. The molecule has 0 atom stereocenters. The summed E-state index contributed by atoms with van der Waals surface area (Å²) >= 11 is 3.37. The topological polar surface area (TPSA) is 52.6 Å². The van der Waals surface area contributed by atoms with Crippen molar-refractivity contribution < 1.29 is 19.1 Å². The number of ketones is 1. The standard InChI is InChI=1S/C20H17BrO4/c1-20(2,3)19(23)24-14-8-9-15-16(11-14)25-17(18(15)22)10-12-4-6-13(21)7-5-12/h4-11H,1-3H3. The van der Waals surface area contributed by atoms with Gasteiger partial charge in [0.15, 0.2) is 5.76 Å². The summed E-state index contributed by atoms with van der Waals surface area (Å²) in [7, 11) is 0. The molecule has 0 spiro atoms. The van der Waals surface area contributed by atoms with Crippen LogP contribution in [0.3, 0.4) is 0 Å². The van der Waals surface area contributed by atoms with Crippen LogP contribution in [0.15, 0.2) is 52.7 Å². The van der Waals surface area contributed by atoms with Crippen LogP contribution in [0.25, 0.3) is 6.08 Å². The normalized spacial score (nSPS) is 15.0. The first kappa shape index (κ1) is 17.4. The molecule has 0 fully saturated rings. The van der Waals surface area contributed by atoms with Gasteiger partial charge in [-0.25, -0.2) is 0 Å². The third-order valence-corrected chi connectivity index (χ3v) is 4.16. The average molecular weight is 401 g/mol. The zero-order valence-corrected chi connectivity index (χ0v) is 15.7. The summed E-state index contributed by atoms with van der Waals surface area (Å²) in [6.07, 6.45) is 1.69. The molecular weight excluding hydrogens is 384 g/mol. The van der Waals surface area contributed by atoms with E-state index in [0.29, 0.717) is 17.1 Å². The second-order valence-corrected chi connectivity index (χ2v) is 7.70. The average Bonchev–Trinajstić information content (AvgIpc) is 2.84. The smallest absolute Gasteiger partial charge is 0.316 e. The number of fused-ring (bicyclic) bond motifs is 1. The van der Waals surface area contributed by atoms with Crippen LogP contribution < -0.4 is 9.47 Å². The fourth-order valence-electron chi connectivity index (χ4n) is 2.20. The van der Waals surface area contributed by atoms with Gasteiger partial charge >= 0.3 is 5.97 Å². The Hall–Kier alpha value is -2.40. The number of halogens is 1. The molecule has 4 nitrogen and oxygen atoms in total. The van der Waals surface area contributed by atoms with Gasteiger partial charge < -0.3 is 9.47 Å². The number of rotatable bonds is 2. The highest BCUT2D eigenvalue weighted by molar-refractivity contribution is 9.10. The van der Waals surface area contributed by atoms with E-state index < -0.39 is 5.41 Å². The first-order chi connectivity index (χ1) is 11.7. The van der Waals surface area contributed by atoms with Crippen molar-refractivity contribution in [2.75, 3.05) is 0 Å². The summed E-state index contributed by atoms with van der Waals surface area (Å²) in [5.74, 6) is 0.467. The molecule has 1 aliphatic heterocycles. The molecule has 0 aliphatic carbocycles. The number of allylic oxidation sites excluding steroid dienone is 1. The van der Waals surface area contributed by atoms with Gasteiger partial charge in [-0.05, 0) is 56.7 Å². The van der Waals surface area contributed by atoms with Crippen LogP contribution >= 0.6 is 15.9 Å². The molecule has 5 heteroatoms. The van der Waals surface area contributed by atoms with Crippen molar-refractivity contribution in [3.63, 3.8) is 0 Å². The van der Waals surface area contributed by atoms with Crippen LogP contribution in [-0.2, 0) is 4.79 Å². The van der Waals surface area contributed by atoms with Crippen LogP contribution in [0.2, 0.25) is 0 Å². The molecule has 25 heavy (non-hydrogen) atoms. The van der Waals surface area contributed by atoms with Crippen LogP contribution in [0.5, 0.6) is 11.5 Å². The number of benzene rings is 2. The number of Topliss-reactive ketones (excluding diaryl/α,β-unsaturated/α-hetero) is 1.